The minimum atomic E-state index is -0.404. The van der Waals surface area contributed by atoms with Crippen LogP contribution >= 0.6 is 0 Å². The van der Waals surface area contributed by atoms with Crippen LogP contribution in [0.2, 0.25) is 0 Å². The SMILES string of the molecule is CC(C)NC(=O)CCC(CO)N(C)C(=O)c1ccc2c(c1)c1c(n2C)CCC(C2CCOCC2)C1. The molecule has 0 saturated carbocycles. The van der Waals surface area contributed by atoms with Crippen LogP contribution < -0.4 is 5.32 Å². The van der Waals surface area contributed by atoms with Crippen molar-refractivity contribution in [3.8, 4) is 0 Å². The van der Waals surface area contributed by atoms with E-state index in [0.717, 1.165) is 44.8 Å². The van der Waals surface area contributed by atoms with Crippen LogP contribution in [0.4, 0.5) is 0 Å². The van der Waals surface area contributed by atoms with Gasteiger partial charge in [0.2, 0.25) is 5.91 Å². The molecule has 2 aliphatic rings. The highest BCUT2D eigenvalue weighted by Crippen LogP contribution is 2.39. The highest BCUT2D eigenvalue weighted by molar-refractivity contribution is 5.99. The zero-order valence-electron chi connectivity index (χ0n) is 21.7. The summed E-state index contributed by atoms with van der Waals surface area (Å²) in [7, 11) is 3.85. The Kier molecular flexibility index (Phi) is 8.17. The number of benzene rings is 1. The summed E-state index contributed by atoms with van der Waals surface area (Å²) in [5.74, 6) is 1.22. The molecule has 1 aliphatic carbocycles. The molecule has 2 amide bonds. The number of hydrogen-bond donors (Lipinski definition) is 2. The van der Waals surface area contributed by atoms with Crippen molar-refractivity contribution in [2.45, 2.75) is 70.9 Å². The molecule has 0 bridgehead atoms. The zero-order valence-corrected chi connectivity index (χ0v) is 21.7. The van der Waals surface area contributed by atoms with Crippen molar-refractivity contribution < 1.29 is 19.4 Å². The van der Waals surface area contributed by atoms with Crippen molar-refractivity contribution in [2.24, 2.45) is 18.9 Å². The van der Waals surface area contributed by atoms with Gasteiger partial charge in [0, 0.05) is 61.9 Å². The average Bonchev–Trinajstić information content (AvgIpc) is 3.14. The first-order chi connectivity index (χ1) is 16.8. The lowest BCUT2D eigenvalue weighted by Crippen LogP contribution is -2.40. The molecule has 1 aromatic heterocycles. The average molecular weight is 484 g/mol. The second-order valence-corrected chi connectivity index (χ2v) is 10.7. The van der Waals surface area contributed by atoms with Gasteiger partial charge >= 0.3 is 0 Å². The normalized spacial score (nSPS) is 19.5. The van der Waals surface area contributed by atoms with Crippen molar-refractivity contribution >= 4 is 22.7 Å². The van der Waals surface area contributed by atoms with Gasteiger partial charge in [-0.05, 0) is 88.0 Å². The first kappa shape index (κ1) is 25.7. The van der Waals surface area contributed by atoms with E-state index in [1.165, 1.54) is 28.6 Å². The van der Waals surface area contributed by atoms with E-state index in [1.807, 2.05) is 26.0 Å². The first-order valence-electron chi connectivity index (χ1n) is 13.2. The Labute approximate surface area is 208 Å². The number of aromatic nitrogens is 1. The molecular weight excluding hydrogens is 442 g/mol. The number of ether oxygens (including phenoxy) is 1. The lowest BCUT2D eigenvalue weighted by molar-refractivity contribution is -0.121. The molecule has 2 N–H and O–H groups in total. The second-order valence-electron chi connectivity index (χ2n) is 10.7. The molecular formula is C28H41N3O4. The predicted octanol–water partition coefficient (Wildman–Crippen LogP) is 3.45. The number of aliphatic hydroxyl groups is 1. The van der Waals surface area contributed by atoms with E-state index >= 15 is 0 Å². The van der Waals surface area contributed by atoms with Crippen molar-refractivity contribution in [2.75, 3.05) is 26.9 Å². The molecule has 35 heavy (non-hydrogen) atoms. The number of nitrogens with one attached hydrogen (secondary N) is 1. The standard InChI is InChI=1S/C28H41N3O4/c1-18(2)29-27(33)10-7-22(17-32)30(3)28(34)21-6-9-26-24(16-21)23-15-20(5-8-25(23)31(26)4)19-11-13-35-14-12-19/h6,9,16,18-20,22,32H,5,7-8,10-15,17H2,1-4H3,(H,29,33). The molecule has 4 rings (SSSR count). The quantitative estimate of drug-likeness (QED) is 0.602. The molecule has 1 aliphatic heterocycles. The lowest BCUT2D eigenvalue weighted by atomic mass is 9.75. The fourth-order valence-electron chi connectivity index (χ4n) is 6.00. The third-order valence-electron chi connectivity index (χ3n) is 8.07. The van der Waals surface area contributed by atoms with Crippen LogP contribution in [0.25, 0.3) is 10.9 Å². The maximum atomic E-state index is 13.4. The van der Waals surface area contributed by atoms with Gasteiger partial charge in [0.05, 0.1) is 12.6 Å². The number of aryl methyl sites for hydroxylation is 1. The number of rotatable bonds is 8. The van der Waals surface area contributed by atoms with Crippen LogP contribution in [0.1, 0.15) is 67.6 Å². The Balaban J connectivity index is 1.52. The molecule has 1 fully saturated rings. The van der Waals surface area contributed by atoms with E-state index in [2.05, 4.69) is 23.0 Å². The van der Waals surface area contributed by atoms with Gasteiger partial charge in [-0.15, -0.1) is 0 Å². The number of amides is 2. The van der Waals surface area contributed by atoms with E-state index in [0.29, 0.717) is 17.9 Å². The number of aliphatic hydroxyl groups excluding tert-OH is 1. The number of hydrogen-bond acceptors (Lipinski definition) is 4. The Morgan fingerprint density at radius 1 is 1.20 bits per heavy atom. The summed E-state index contributed by atoms with van der Waals surface area (Å²) in [5.41, 5.74) is 4.59. The zero-order chi connectivity index (χ0) is 25.1. The fraction of sp³-hybridized carbons (Fsp3) is 0.643. The second kappa shape index (κ2) is 11.1. The third kappa shape index (κ3) is 5.56. The molecule has 2 aromatic rings. The highest BCUT2D eigenvalue weighted by atomic mass is 16.5. The smallest absolute Gasteiger partial charge is 0.253 e. The topological polar surface area (TPSA) is 83.8 Å². The fourth-order valence-corrected chi connectivity index (χ4v) is 6.00. The van der Waals surface area contributed by atoms with Gasteiger partial charge in [-0.2, -0.15) is 0 Å². The van der Waals surface area contributed by atoms with Crippen LogP contribution in [0.15, 0.2) is 18.2 Å². The van der Waals surface area contributed by atoms with Crippen LogP contribution in [-0.4, -0.2) is 65.3 Å². The van der Waals surface area contributed by atoms with Gasteiger partial charge in [0.25, 0.3) is 5.91 Å². The molecule has 0 spiro atoms. The Morgan fingerprint density at radius 3 is 2.63 bits per heavy atom. The predicted molar refractivity (Wildman–Crippen MR) is 137 cm³/mol. The first-order valence-corrected chi connectivity index (χ1v) is 13.2. The Morgan fingerprint density at radius 2 is 1.94 bits per heavy atom. The van der Waals surface area contributed by atoms with E-state index in [9.17, 15) is 14.7 Å². The third-order valence-corrected chi connectivity index (χ3v) is 8.07. The Bertz CT molecular complexity index is 1050. The molecule has 2 unspecified atom stereocenters. The van der Waals surface area contributed by atoms with Crippen LogP contribution in [0, 0.1) is 11.8 Å². The summed E-state index contributed by atoms with van der Waals surface area (Å²) >= 11 is 0. The van der Waals surface area contributed by atoms with E-state index in [-0.39, 0.29) is 30.9 Å². The summed E-state index contributed by atoms with van der Waals surface area (Å²) in [5, 5.41) is 14.0. The summed E-state index contributed by atoms with van der Waals surface area (Å²) in [6.07, 6.45) is 6.37. The number of carbonyl (C=O) groups excluding carboxylic acids is 2. The molecule has 7 nitrogen and oxygen atoms in total. The molecule has 1 saturated heterocycles. The van der Waals surface area contributed by atoms with Gasteiger partial charge < -0.3 is 24.6 Å². The van der Waals surface area contributed by atoms with Crippen molar-refractivity contribution in [3.63, 3.8) is 0 Å². The summed E-state index contributed by atoms with van der Waals surface area (Å²) in [6.45, 7) is 5.41. The number of likely N-dealkylation sites (N-methyl/N-ethyl adjacent to an activating group) is 1. The van der Waals surface area contributed by atoms with Gasteiger partial charge in [-0.3, -0.25) is 9.59 Å². The van der Waals surface area contributed by atoms with Gasteiger partial charge in [-0.25, -0.2) is 0 Å². The minimum absolute atomic E-state index is 0.0595. The lowest BCUT2D eigenvalue weighted by Gasteiger charge is -2.33. The maximum absolute atomic E-state index is 13.4. The van der Waals surface area contributed by atoms with E-state index in [4.69, 9.17) is 4.74 Å². The molecule has 7 heteroatoms. The molecule has 2 heterocycles. The summed E-state index contributed by atoms with van der Waals surface area (Å²) in [4.78, 5) is 27.0. The largest absolute Gasteiger partial charge is 0.394 e. The van der Waals surface area contributed by atoms with E-state index < -0.39 is 6.04 Å². The molecule has 0 radical (unpaired) electrons. The van der Waals surface area contributed by atoms with Crippen LogP contribution in [0.5, 0.6) is 0 Å². The highest BCUT2D eigenvalue weighted by Gasteiger charge is 2.31. The number of carbonyl (C=O) groups is 2. The monoisotopic (exact) mass is 483 g/mol. The van der Waals surface area contributed by atoms with Crippen molar-refractivity contribution in [1.82, 2.24) is 14.8 Å². The molecule has 1 aromatic carbocycles. The van der Waals surface area contributed by atoms with Crippen molar-refractivity contribution in [1.29, 1.82) is 0 Å². The Hall–Kier alpha value is -2.38. The maximum Gasteiger partial charge on any atom is 0.253 e. The number of fused-ring (bicyclic) bond motifs is 3. The van der Waals surface area contributed by atoms with Gasteiger partial charge in [0.1, 0.15) is 0 Å². The molecule has 192 valence electrons. The number of nitrogens with zero attached hydrogens (tertiary/aromatic N) is 2. The van der Waals surface area contributed by atoms with Gasteiger partial charge in [-0.1, -0.05) is 0 Å². The van der Waals surface area contributed by atoms with E-state index in [1.54, 1.807) is 11.9 Å². The minimum Gasteiger partial charge on any atom is -0.394 e. The van der Waals surface area contributed by atoms with Gasteiger partial charge in [0.15, 0.2) is 0 Å². The molecule has 2 atom stereocenters. The van der Waals surface area contributed by atoms with Crippen LogP contribution in [0.3, 0.4) is 0 Å². The summed E-state index contributed by atoms with van der Waals surface area (Å²) < 4.78 is 7.89. The summed E-state index contributed by atoms with van der Waals surface area (Å²) in [6, 6.07) is 5.66. The van der Waals surface area contributed by atoms with Crippen LogP contribution in [-0.2, 0) is 29.4 Å². The van der Waals surface area contributed by atoms with Crippen molar-refractivity contribution in [3.05, 3.63) is 35.0 Å².